The molecule has 1 heterocycles. The number of hydrogen-bond donors (Lipinski definition) is 1. The molecule has 0 aliphatic carbocycles. The summed E-state index contributed by atoms with van der Waals surface area (Å²) in [5.41, 5.74) is 8.32. The smallest absolute Gasteiger partial charge is 0.0594 e. The summed E-state index contributed by atoms with van der Waals surface area (Å²) in [5, 5.41) is 4.24. The fourth-order valence-electron chi connectivity index (χ4n) is 1.65. The molecule has 1 unspecified atom stereocenters. The third-order valence-electron chi connectivity index (χ3n) is 2.63. The quantitative estimate of drug-likeness (QED) is 0.912. The fourth-order valence-corrected chi connectivity index (χ4v) is 2.94. The second kappa shape index (κ2) is 5.33. The minimum atomic E-state index is -0.155. The van der Waals surface area contributed by atoms with E-state index in [4.69, 9.17) is 5.73 Å². The van der Waals surface area contributed by atoms with Gasteiger partial charge in [0.1, 0.15) is 0 Å². The number of hydrogen-bond acceptors (Lipinski definition) is 2. The highest BCUT2D eigenvalue weighted by Crippen LogP contribution is 2.29. The van der Waals surface area contributed by atoms with E-state index in [9.17, 15) is 0 Å². The van der Waals surface area contributed by atoms with Gasteiger partial charge >= 0.3 is 0 Å². The standard InChI is InChI=1S/C12H13Br2N3/c1-2-17-7-8(6-16-17)12(15)10-4-3-9(13)5-11(10)14/h3-7,12H,2,15H2,1H3. The zero-order chi connectivity index (χ0) is 12.4. The Labute approximate surface area is 117 Å². The van der Waals surface area contributed by atoms with E-state index in [1.165, 1.54) is 0 Å². The number of nitrogens with zero attached hydrogens (tertiary/aromatic N) is 2. The van der Waals surface area contributed by atoms with Crippen LogP contribution >= 0.6 is 31.9 Å². The van der Waals surface area contributed by atoms with Gasteiger partial charge < -0.3 is 5.73 Å². The fraction of sp³-hybridized carbons (Fsp3) is 0.250. The van der Waals surface area contributed by atoms with E-state index in [0.717, 1.165) is 26.6 Å². The van der Waals surface area contributed by atoms with E-state index < -0.39 is 0 Å². The topological polar surface area (TPSA) is 43.8 Å². The van der Waals surface area contributed by atoms with Crippen molar-refractivity contribution in [2.45, 2.75) is 19.5 Å². The molecular formula is C12H13Br2N3. The number of aryl methyl sites for hydroxylation is 1. The highest BCUT2D eigenvalue weighted by molar-refractivity contribution is 9.11. The molecule has 0 amide bonds. The van der Waals surface area contributed by atoms with Crippen molar-refractivity contribution in [2.24, 2.45) is 5.73 Å². The molecule has 1 aromatic heterocycles. The lowest BCUT2D eigenvalue weighted by molar-refractivity contribution is 0.658. The van der Waals surface area contributed by atoms with Gasteiger partial charge in [0.25, 0.3) is 0 Å². The maximum atomic E-state index is 6.24. The van der Waals surface area contributed by atoms with Crippen LogP contribution in [-0.4, -0.2) is 9.78 Å². The van der Waals surface area contributed by atoms with Crippen molar-refractivity contribution >= 4 is 31.9 Å². The van der Waals surface area contributed by atoms with Crippen LogP contribution < -0.4 is 5.73 Å². The van der Waals surface area contributed by atoms with E-state index >= 15 is 0 Å². The lowest BCUT2D eigenvalue weighted by Gasteiger charge is -2.12. The van der Waals surface area contributed by atoms with Crippen LogP contribution in [0.15, 0.2) is 39.5 Å². The van der Waals surface area contributed by atoms with Gasteiger partial charge in [-0.2, -0.15) is 5.10 Å². The lowest BCUT2D eigenvalue weighted by Crippen LogP contribution is -2.11. The lowest BCUT2D eigenvalue weighted by atomic mass is 10.0. The average molecular weight is 359 g/mol. The zero-order valence-electron chi connectivity index (χ0n) is 9.40. The molecular weight excluding hydrogens is 346 g/mol. The Hall–Kier alpha value is -0.650. The predicted molar refractivity (Wildman–Crippen MR) is 75.8 cm³/mol. The van der Waals surface area contributed by atoms with Crippen molar-refractivity contribution in [3.05, 3.63) is 50.7 Å². The van der Waals surface area contributed by atoms with Crippen LogP contribution in [0.25, 0.3) is 0 Å². The number of nitrogens with two attached hydrogens (primary N) is 1. The van der Waals surface area contributed by atoms with Crippen LogP contribution in [0, 0.1) is 0 Å². The average Bonchev–Trinajstić information content (AvgIpc) is 2.76. The van der Waals surface area contributed by atoms with Crippen molar-refractivity contribution in [2.75, 3.05) is 0 Å². The third kappa shape index (κ3) is 2.78. The summed E-state index contributed by atoms with van der Waals surface area (Å²) in [6.07, 6.45) is 3.81. The first-order valence-corrected chi connectivity index (χ1v) is 6.93. The van der Waals surface area contributed by atoms with Crippen LogP contribution in [0.5, 0.6) is 0 Å². The summed E-state index contributed by atoms with van der Waals surface area (Å²) in [5.74, 6) is 0. The molecule has 0 aliphatic heterocycles. The number of rotatable bonds is 3. The summed E-state index contributed by atoms with van der Waals surface area (Å²) >= 11 is 6.96. The van der Waals surface area contributed by atoms with Gasteiger partial charge in [0.15, 0.2) is 0 Å². The van der Waals surface area contributed by atoms with Crippen molar-refractivity contribution in [1.29, 1.82) is 0 Å². The minimum absolute atomic E-state index is 0.155. The summed E-state index contributed by atoms with van der Waals surface area (Å²) in [4.78, 5) is 0. The number of benzene rings is 1. The second-order valence-electron chi connectivity index (χ2n) is 3.77. The molecule has 3 nitrogen and oxygen atoms in total. The van der Waals surface area contributed by atoms with Gasteiger partial charge in [-0.25, -0.2) is 0 Å². The maximum absolute atomic E-state index is 6.24. The van der Waals surface area contributed by atoms with Gasteiger partial charge in [0.05, 0.1) is 12.2 Å². The van der Waals surface area contributed by atoms with Gasteiger partial charge in [0.2, 0.25) is 0 Å². The van der Waals surface area contributed by atoms with Crippen molar-refractivity contribution in [3.63, 3.8) is 0 Å². The molecule has 1 aromatic carbocycles. The zero-order valence-corrected chi connectivity index (χ0v) is 12.6. The molecule has 0 saturated carbocycles. The Bertz CT molecular complexity index is 522. The molecule has 2 aromatic rings. The number of aromatic nitrogens is 2. The molecule has 1 atom stereocenters. The summed E-state index contributed by atoms with van der Waals surface area (Å²) in [7, 11) is 0. The predicted octanol–water partition coefficient (Wildman–Crippen LogP) is 3.48. The van der Waals surface area contributed by atoms with Gasteiger partial charge in [0, 0.05) is 27.3 Å². The van der Waals surface area contributed by atoms with Gasteiger partial charge in [-0.3, -0.25) is 4.68 Å². The molecule has 0 spiro atoms. The first-order chi connectivity index (χ1) is 8.11. The van der Waals surface area contributed by atoms with E-state index in [0.29, 0.717) is 0 Å². The van der Waals surface area contributed by atoms with E-state index in [2.05, 4.69) is 43.9 Å². The molecule has 0 saturated heterocycles. The van der Waals surface area contributed by atoms with Gasteiger partial charge in [-0.05, 0) is 24.6 Å². The monoisotopic (exact) mass is 357 g/mol. The van der Waals surface area contributed by atoms with E-state index in [1.807, 2.05) is 35.3 Å². The van der Waals surface area contributed by atoms with Crippen LogP contribution in [0.3, 0.4) is 0 Å². The molecule has 5 heteroatoms. The SMILES string of the molecule is CCn1cc(C(N)c2ccc(Br)cc2Br)cn1. The largest absolute Gasteiger partial charge is 0.320 e. The van der Waals surface area contributed by atoms with Crippen molar-refractivity contribution in [1.82, 2.24) is 9.78 Å². The van der Waals surface area contributed by atoms with E-state index in [1.54, 1.807) is 0 Å². The highest BCUT2D eigenvalue weighted by atomic mass is 79.9. The van der Waals surface area contributed by atoms with Gasteiger partial charge in [-0.1, -0.05) is 37.9 Å². The van der Waals surface area contributed by atoms with Gasteiger partial charge in [-0.15, -0.1) is 0 Å². The molecule has 0 fully saturated rings. The molecule has 0 radical (unpaired) electrons. The Morgan fingerprint density at radius 3 is 2.76 bits per heavy atom. The normalized spacial score (nSPS) is 12.7. The van der Waals surface area contributed by atoms with Crippen molar-refractivity contribution in [3.8, 4) is 0 Å². The molecule has 2 rings (SSSR count). The second-order valence-corrected chi connectivity index (χ2v) is 5.54. The Balaban J connectivity index is 2.33. The Kier molecular flexibility index (Phi) is 4.01. The molecule has 90 valence electrons. The minimum Gasteiger partial charge on any atom is -0.320 e. The Morgan fingerprint density at radius 1 is 1.41 bits per heavy atom. The Morgan fingerprint density at radius 2 is 2.18 bits per heavy atom. The first kappa shape index (κ1) is 12.8. The summed E-state index contributed by atoms with van der Waals surface area (Å²) in [6, 6.07) is 5.85. The van der Waals surface area contributed by atoms with Crippen LogP contribution in [0.1, 0.15) is 24.1 Å². The van der Waals surface area contributed by atoms with Crippen LogP contribution in [0.2, 0.25) is 0 Å². The molecule has 0 aliphatic rings. The van der Waals surface area contributed by atoms with Crippen molar-refractivity contribution < 1.29 is 0 Å². The van der Waals surface area contributed by atoms with E-state index in [-0.39, 0.29) is 6.04 Å². The molecule has 0 bridgehead atoms. The van der Waals surface area contributed by atoms with Crippen LogP contribution in [-0.2, 0) is 6.54 Å². The molecule has 2 N–H and O–H groups in total. The first-order valence-electron chi connectivity index (χ1n) is 5.34. The summed E-state index contributed by atoms with van der Waals surface area (Å²) in [6.45, 7) is 2.91. The number of halogens is 2. The third-order valence-corrected chi connectivity index (χ3v) is 3.81. The highest BCUT2D eigenvalue weighted by Gasteiger charge is 2.14. The molecule has 17 heavy (non-hydrogen) atoms. The summed E-state index contributed by atoms with van der Waals surface area (Å²) < 4.78 is 3.91. The van der Waals surface area contributed by atoms with Crippen LogP contribution in [0.4, 0.5) is 0 Å². The maximum Gasteiger partial charge on any atom is 0.0594 e.